The topological polar surface area (TPSA) is 6.48 Å². The van der Waals surface area contributed by atoms with E-state index in [4.69, 9.17) is 0 Å². The average Bonchev–Trinajstić information content (AvgIpc) is 2.94. The van der Waals surface area contributed by atoms with Gasteiger partial charge >= 0.3 is 0 Å². The summed E-state index contributed by atoms with van der Waals surface area (Å²) in [4.78, 5) is 5.18. The van der Waals surface area contributed by atoms with Crippen LogP contribution in [0.5, 0.6) is 0 Å². The van der Waals surface area contributed by atoms with Gasteiger partial charge in [0.2, 0.25) is 0 Å². The average molecular weight is 579 g/mol. The molecule has 0 amide bonds. The second-order valence-corrected chi connectivity index (χ2v) is 14.4. The third-order valence-electron chi connectivity index (χ3n) is 9.43. The van der Waals surface area contributed by atoms with Gasteiger partial charge in [-0.1, -0.05) is 182 Å². The van der Waals surface area contributed by atoms with Gasteiger partial charge in [0.15, 0.2) is 0 Å². The standard InChI is InChI=1S/C39H82N2/c1-7-9-11-13-15-17-19-21-23-25-27-29-32-38(3)36-40(5)34-31-35-41(6)37-39(4)33-30-28-26-24-22-20-18-16-14-12-10-8-2/h38-39H,7-37H2,1-6H3. The van der Waals surface area contributed by atoms with Gasteiger partial charge in [0.05, 0.1) is 0 Å². The summed E-state index contributed by atoms with van der Waals surface area (Å²) < 4.78 is 0. The van der Waals surface area contributed by atoms with Crippen molar-refractivity contribution >= 4 is 0 Å². The molecule has 0 aromatic rings. The predicted octanol–water partition coefficient (Wildman–Crippen LogP) is 12.7. The summed E-state index contributed by atoms with van der Waals surface area (Å²) in [5, 5.41) is 0. The minimum atomic E-state index is 0.844. The maximum Gasteiger partial charge on any atom is 0.000398 e. The Morgan fingerprint density at radius 2 is 0.585 bits per heavy atom. The van der Waals surface area contributed by atoms with Crippen LogP contribution < -0.4 is 0 Å². The van der Waals surface area contributed by atoms with Crippen molar-refractivity contribution < 1.29 is 0 Å². The highest BCUT2D eigenvalue weighted by Crippen LogP contribution is 2.17. The molecule has 248 valence electrons. The van der Waals surface area contributed by atoms with Crippen LogP contribution in [0.4, 0.5) is 0 Å². The molecular weight excluding hydrogens is 496 g/mol. The van der Waals surface area contributed by atoms with Crippen molar-refractivity contribution in [3.8, 4) is 0 Å². The molecule has 0 bridgehead atoms. The summed E-state index contributed by atoms with van der Waals surface area (Å²) in [5.41, 5.74) is 0. The second-order valence-electron chi connectivity index (χ2n) is 14.4. The van der Waals surface area contributed by atoms with Crippen LogP contribution >= 0.6 is 0 Å². The molecule has 0 radical (unpaired) electrons. The molecule has 0 saturated heterocycles. The normalized spacial score (nSPS) is 13.5. The first kappa shape index (κ1) is 40.9. The highest BCUT2D eigenvalue weighted by Gasteiger charge is 2.09. The third kappa shape index (κ3) is 32.7. The predicted molar refractivity (Wildman–Crippen MR) is 189 cm³/mol. The number of nitrogens with zero attached hydrogens (tertiary/aromatic N) is 2. The van der Waals surface area contributed by atoms with Gasteiger partial charge in [0.25, 0.3) is 0 Å². The summed E-state index contributed by atoms with van der Waals surface area (Å²) in [6.07, 6.45) is 39.0. The molecule has 0 heterocycles. The highest BCUT2D eigenvalue weighted by molar-refractivity contribution is 4.64. The first-order chi connectivity index (χ1) is 20.0. The number of hydrogen-bond donors (Lipinski definition) is 0. The molecule has 0 aliphatic heterocycles. The van der Waals surface area contributed by atoms with Gasteiger partial charge in [-0.25, -0.2) is 0 Å². The van der Waals surface area contributed by atoms with Crippen LogP contribution in [0.3, 0.4) is 0 Å². The molecule has 2 heteroatoms. The van der Waals surface area contributed by atoms with Crippen molar-refractivity contribution in [2.75, 3.05) is 40.3 Å². The van der Waals surface area contributed by atoms with Gasteiger partial charge in [-0.15, -0.1) is 0 Å². The minimum absolute atomic E-state index is 0.844. The summed E-state index contributed by atoms with van der Waals surface area (Å²) >= 11 is 0. The Bertz CT molecular complexity index is 436. The molecule has 0 aliphatic rings. The Labute approximate surface area is 262 Å². The van der Waals surface area contributed by atoms with Crippen molar-refractivity contribution in [3.05, 3.63) is 0 Å². The van der Waals surface area contributed by atoms with E-state index in [1.807, 2.05) is 0 Å². The number of rotatable bonds is 34. The fraction of sp³-hybridized carbons (Fsp3) is 1.00. The minimum Gasteiger partial charge on any atom is -0.306 e. The Morgan fingerprint density at radius 3 is 0.854 bits per heavy atom. The van der Waals surface area contributed by atoms with E-state index in [-0.39, 0.29) is 0 Å². The molecule has 2 nitrogen and oxygen atoms in total. The van der Waals surface area contributed by atoms with Gasteiger partial charge < -0.3 is 9.80 Å². The van der Waals surface area contributed by atoms with Gasteiger partial charge in [-0.3, -0.25) is 0 Å². The van der Waals surface area contributed by atoms with Gasteiger partial charge in [0, 0.05) is 13.1 Å². The van der Waals surface area contributed by atoms with Crippen molar-refractivity contribution in [2.24, 2.45) is 11.8 Å². The van der Waals surface area contributed by atoms with Crippen LogP contribution in [0.15, 0.2) is 0 Å². The molecule has 0 saturated carbocycles. The fourth-order valence-electron chi connectivity index (χ4n) is 6.71. The molecular formula is C39H82N2. The maximum atomic E-state index is 2.59. The molecule has 0 aromatic heterocycles. The lowest BCUT2D eigenvalue weighted by Crippen LogP contribution is -2.30. The largest absolute Gasteiger partial charge is 0.306 e. The molecule has 0 rings (SSSR count). The second kappa shape index (κ2) is 32.8. The van der Waals surface area contributed by atoms with Gasteiger partial charge in [0.1, 0.15) is 0 Å². The monoisotopic (exact) mass is 579 g/mol. The van der Waals surface area contributed by atoms with E-state index >= 15 is 0 Å². The molecule has 2 unspecified atom stereocenters. The van der Waals surface area contributed by atoms with Gasteiger partial charge in [-0.05, 0) is 58.3 Å². The molecule has 0 aromatic carbocycles. The summed E-state index contributed by atoms with van der Waals surface area (Å²) in [5.74, 6) is 1.69. The smallest absolute Gasteiger partial charge is 0.000398 e. The third-order valence-corrected chi connectivity index (χ3v) is 9.43. The number of unbranched alkanes of at least 4 members (excludes halogenated alkanes) is 22. The van der Waals surface area contributed by atoms with Crippen LogP contribution in [0.2, 0.25) is 0 Å². The zero-order valence-corrected chi connectivity index (χ0v) is 30.0. The lowest BCUT2D eigenvalue weighted by molar-refractivity contribution is 0.233. The van der Waals surface area contributed by atoms with Crippen LogP contribution in [0.1, 0.15) is 201 Å². The van der Waals surface area contributed by atoms with E-state index in [1.165, 1.54) is 200 Å². The van der Waals surface area contributed by atoms with Crippen molar-refractivity contribution in [1.29, 1.82) is 0 Å². The van der Waals surface area contributed by atoms with Gasteiger partial charge in [-0.2, -0.15) is 0 Å². The zero-order valence-electron chi connectivity index (χ0n) is 30.0. The zero-order chi connectivity index (χ0) is 30.2. The first-order valence-corrected chi connectivity index (χ1v) is 19.4. The van der Waals surface area contributed by atoms with Crippen LogP contribution in [0, 0.1) is 11.8 Å². The van der Waals surface area contributed by atoms with Crippen LogP contribution in [0.25, 0.3) is 0 Å². The Morgan fingerprint density at radius 1 is 0.341 bits per heavy atom. The Kier molecular flexibility index (Phi) is 32.8. The summed E-state index contributed by atoms with van der Waals surface area (Å²) in [7, 11) is 4.68. The maximum absolute atomic E-state index is 2.59. The Balaban J connectivity index is 3.50. The van der Waals surface area contributed by atoms with Crippen molar-refractivity contribution in [1.82, 2.24) is 9.80 Å². The quantitative estimate of drug-likeness (QED) is 0.0700. The summed E-state index contributed by atoms with van der Waals surface area (Å²) in [6, 6.07) is 0. The molecule has 41 heavy (non-hydrogen) atoms. The van der Waals surface area contributed by atoms with E-state index < -0.39 is 0 Å². The van der Waals surface area contributed by atoms with Crippen LogP contribution in [-0.4, -0.2) is 50.1 Å². The molecule has 0 N–H and O–H groups in total. The van der Waals surface area contributed by atoms with Crippen molar-refractivity contribution in [2.45, 2.75) is 201 Å². The number of hydrogen-bond acceptors (Lipinski definition) is 2. The lowest BCUT2D eigenvalue weighted by Gasteiger charge is -2.24. The molecule has 0 spiro atoms. The van der Waals surface area contributed by atoms with Crippen molar-refractivity contribution in [3.63, 3.8) is 0 Å². The van der Waals surface area contributed by atoms with E-state index in [2.05, 4.69) is 51.6 Å². The van der Waals surface area contributed by atoms with E-state index in [9.17, 15) is 0 Å². The van der Waals surface area contributed by atoms with E-state index in [0.29, 0.717) is 0 Å². The Hall–Kier alpha value is -0.0800. The SMILES string of the molecule is CCCCCCCCCCCCCCC(C)CN(C)CCCN(C)CC(C)CCCCCCCCCCCCCC. The van der Waals surface area contributed by atoms with E-state index in [0.717, 1.165) is 11.8 Å². The molecule has 2 atom stereocenters. The van der Waals surface area contributed by atoms with Crippen LogP contribution in [-0.2, 0) is 0 Å². The molecule has 0 aliphatic carbocycles. The van der Waals surface area contributed by atoms with E-state index in [1.54, 1.807) is 0 Å². The first-order valence-electron chi connectivity index (χ1n) is 19.4. The highest BCUT2D eigenvalue weighted by atomic mass is 15.1. The summed E-state index contributed by atoms with van der Waals surface area (Å²) in [6.45, 7) is 14.6. The molecule has 0 fully saturated rings. The lowest BCUT2D eigenvalue weighted by atomic mass is 10.0. The fourth-order valence-corrected chi connectivity index (χ4v) is 6.71.